The maximum absolute atomic E-state index is 4.96. The molecule has 0 amide bonds. The number of benzene rings is 5. The van der Waals surface area contributed by atoms with Crippen LogP contribution in [-0.2, 0) is 12.8 Å². The number of hydrogen-bond donors (Lipinski definition) is 0. The Morgan fingerprint density at radius 3 is 1.26 bits per heavy atom. The molecule has 0 aliphatic carbocycles. The van der Waals surface area contributed by atoms with E-state index in [-0.39, 0.29) is 0 Å². The van der Waals surface area contributed by atoms with Gasteiger partial charge in [0.1, 0.15) is 0 Å². The SMILES string of the molecule is CCc1ccc(-c2nc(-c3ccc(CC)cc3)nc(-c3ccc(N4c5ccccc5Sc5ccccc54)cc3)n2)cc1. The second-order valence-corrected chi connectivity index (χ2v) is 11.4. The van der Waals surface area contributed by atoms with E-state index in [1.165, 1.54) is 32.3 Å². The topological polar surface area (TPSA) is 41.9 Å². The summed E-state index contributed by atoms with van der Waals surface area (Å²) in [5.41, 5.74) is 8.97. The number of aromatic nitrogens is 3. The summed E-state index contributed by atoms with van der Waals surface area (Å²) in [6.45, 7) is 4.33. The van der Waals surface area contributed by atoms with Crippen molar-refractivity contribution in [3.8, 4) is 34.2 Å². The molecule has 5 aromatic carbocycles. The van der Waals surface area contributed by atoms with Crippen LogP contribution < -0.4 is 4.90 Å². The Hall–Kier alpha value is -4.74. The van der Waals surface area contributed by atoms with Crippen LogP contribution >= 0.6 is 11.8 Å². The van der Waals surface area contributed by atoms with Gasteiger partial charge >= 0.3 is 0 Å². The highest BCUT2D eigenvalue weighted by molar-refractivity contribution is 7.99. The Bertz CT molecular complexity index is 1750. The standard InChI is InChI=1S/C37H30N4S/c1-3-25-13-17-27(18-14-25)35-38-36(28-19-15-26(4-2)16-20-28)40-37(39-35)29-21-23-30(24-22-29)41-31-9-5-7-11-33(31)42-34-12-8-6-10-32(34)41/h5-24H,3-4H2,1-2H3. The third kappa shape index (κ3) is 4.97. The third-order valence-electron chi connectivity index (χ3n) is 7.69. The van der Waals surface area contributed by atoms with Gasteiger partial charge in [-0.05, 0) is 72.5 Å². The van der Waals surface area contributed by atoms with Gasteiger partial charge in [0, 0.05) is 32.2 Å². The first-order chi connectivity index (χ1) is 20.7. The fourth-order valence-corrected chi connectivity index (χ4v) is 6.34. The molecule has 0 saturated carbocycles. The van der Waals surface area contributed by atoms with Crippen LogP contribution in [0.25, 0.3) is 34.2 Å². The summed E-state index contributed by atoms with van der Waals surface area (Å²) in [5.74, 6) is 2.02. The Kier molecular flexibility index (Phi) is 7.02. The van der Waals surface area contributed by atoms with Crippen LogP contribution in [0.5, 0.6) is 0 Å². The zero-order valence-corrected chi connectivity index (χ0v) is 24.5. The summed E-state index contributed by atoms with van der Waals surface area (Å²) in [5, 5.41) is 0. The third-order valence-corrected chi connectivity index (χ3v) is 8.82. The quantitative estimate of drug-likeness (QED) is 0.202. The molecule has 0 saturated heterocycles. The van der Waals surface area contributed by atoms with E-state index in [2.05, 4.69) is 140 Å². The number of fused-ring (bicyclic) bond motifs is 2. The summed E-state index contributed by atoms with van der Waals surface area (Å²) in [7, 11) is 0. The molecule has 0 bridgehead atoms. The largest absolute Gasteiger partial charge is 0.308 e. The van der Waals surface area contributed by atoms with Crippen LogP contribution in [0.4, 0.5) is 17.1 Å². The second kappa shape index (κ2) is 11.3. The second-order valence-electron chi connectivity index (χ2n) is 10.3. The van der Waals surface area contributed by atoms with Gasteiger partial charge in [0.2, 0.25) is 0 Å². The van der Waals surface area contributed by atoms with Gasteiger partial charge in [0.25, 0.3) is 0 Å². The highest BCUT2D eigenvalue weighted by atomic mass is 32.2. The number of anilines is 3. The van der Waals surface area contributed by atoms with Gasteiger partial charge in [-0.2, -0.15) is 0 Å². The van der Waals surface area contributed by atoms with E-state index >= 15 is 0 Å². The van der Waals surface area contributed by atoms with E-state index in [9.17, 15) is 0 Å². The molecule has 0 fully saturated rings. The summed E-state index contributed by atoms with van der Waals surface area (Å²) in [6.07, 6.45) is 1.99. The van der Waals surface area contributed by atoms with Crippen LogP contribution in [0.2, 0.25) is 0 Å². The van der Waals surface area contributed by atoms with Crippen LogP contribution in [0.15, 0.2) is 131 Å². The molecular weight excluding hydrogens is 533 g/mol. The Labute approximate surface area is 251 Å². The van der Waals surface area contributed by atoms with Gasteiger partial charge in [0.05, 0.1) is 11.4 Å². The van der Waals surface area contributed by atoms with Crippen molar-refractivity contribution in [3.05, 3.63) is 132 Å². The first kappa shape index (κ1) is 26.2. The molecule has 1 aliphatic heterocycles. The van der Waals surface area contributed by atoms with Crippen molar-refractivity contribution in [1.29, 1.82) is 0 Å². The van der Waals surface area contributed by atoms with Gasteiger partial charge < -0.3 is 4.90 Å². The Morgan fingerprint density at radius 1 is 0.476 bits per heavy atom. The smallest absolute Gasteiger partial charge is 0.164 e. The van der Waals surface area contributed by atoms with Crippen molar-refractivity contribution < 1.29 is 0 Å². The van der Waals surface area contributed by atoms with Gasteiger partial charge in [-0.15, -0.1) is 0 Å². The lowest BCUT2D eigenvalue weighted by atomic mass is 10.1. The predicted octanol–water partition coefficient (Wildman–Crippen LogP) is 9.93. The van der Waals surface area contributed by atoms with Crippen molar-refractivity contribution in [3.63, 3.8) is 0 Å². The zero-order valence-electron chi connectivity index (χ0n) is 23.7. The van der Waals surface area contributed by atoms with Gasteiger partial charge in [-0.1, -0.05) is 98.4 Å². The number of aryl methyl sites for hydroxylation is 2. The lowest BCUT2D eigenvalue weighted by Gasteiger charge is -2.32. The molecule has 1 aromatic heterocycles. The Balaban J connectivity index is 1.31. The normalized spacial score (nSPS) is 12.1. The van der Waals surface area contributed by atoms with E-state index < -0.39 is 0 Å². The van der Waals surface area contributed by atoms with E-state index in [0.29, 0.717) is 17.5 Å². The maximum Gasteiger partial charge on any atom is 0.164 e. The minimum atomic E-state index is 0.663. The molecule has 1 aliphatic rings. The van der Waals surface area contributed by atoms with Gasteiger partial charge in [0.15, 0.2) is 17.5 Å². The minimum Gasteiger partial charge on any atom is -0.308 e. The number of rotatable bonds is 6. The fourth-order valence-electron chi connectivity index (χ4n) is 5.28. The predicted molar refractivity (Wildman–Crippen MR) is 174 cm³/mol. The molecule has 42 heavy (non-hydrogen) atoms. The lowest BCUT2D eigenvalue weighted by molar-refractivity contribution is 1.07. The highest BCUT2D eigenvalue weighted by Gasteiger charge is 2.24. The van der Waals surface area contributed by atoms with Crippen LogP contribution in [0, 0.1) is 0 Å². The molecule has 6 aromatic rings. The summed E-state index contributed by atoms with van der Waals surface area (Å²) in [6, 6.07) is 42.7. The average Bonchev–Trinajstić information content (AvgIpc) is 3.07. The van der Waals surface area contributed by atoms with Crippen LogP contribution in [0.1, 0.15) is 25.0 Å². The Morgan fingerprint density at radius 2 is 0.857 bits per heavy atom. The van der Waals surface area contributed by atoms with E-state index in [0.717, 1.165) is 35.2 Å². The number of hydrogen-bond acceptors (Lipinski definition) is 5. The average molecular weight is 563 g/mol. The molecule has 0 atom stereocenters. The van der Waals surface area contributed by atoms with Crippen molar-refractivity contribution >= 4 is 28.8 Å². The summed E-state index contributed by atoms with van der Waals surface area (Å²) < 4.78 is 0. The number of para-hydroxylation sites is 2. The lowest BCUT2D eigenvalue weighted by Crippen LogP contribution is -2.14. The molecule has 204 valence electrons. The van der Waals surface area contributed by atoms with Gasteiger partial charge in [-0.3, -0.25) is 0 Å². The first-order valence-corrected chi connectivity index (χ1v) is 15.2. The summed E-state index contributed by atoms with van der Waals surface area (Å²) in [4.78, 5) is 19.7. The molecule has 2 heterocycles. The molecule has 7 rings (SSSR count). The fraction of sp³-hybridized carbons (Fsp3) is 0.108. The molecule has 0 unspecified atom stereocenters. The van der Waals surface area contributed by atoms with Crippen molar-refractivity contribution in [2.24, 2.45) is 0 Å². The number of nitrogens with zero attached hydrogens (tertiary/aromatic N) is 4. The molecule has 0 N–H and O–H groups in total. The highest BCUT2D eigenvalue weighted by Crippen LogP contribution is 2.51. The maximum atomic E-state index is 4.96. The van der Waals surface area contributed by atoms with E-state index in [4.69, 9.17) is 15.0 Å². The van der Waals surface area contributed by atoms with Crippen molar-refractivity contribution in [1.82, 2.24) is 15.0 Å². The molecule has 5 heteroatoms. The van der Waals surface area contributed by atoms with Crippen molar-refractivity contribution in [2.45, 2.75) is 36.5 Å². The van der Waals surface area contributed by atoms with Gasteiger partial charge in [-0.25, -0.2) is 15.0 Å². The first-order valence-electron chi connectivity index (χ1n) is 14.4. The van der Waals surface area contributed by atoms with Crippen LogP contribution in [-0.4, -0.2) is 15.0 Å². The minimum absolute atomic E-state index is 0.663. The van der Waals surface area contributed by atoms with Crippen molar-refractivity contribution in [2.75, 3.05) is 4.90 Å². The monoisotopic (exact) mass is 562 g/mol. The zero-order chi connectivity index (χ0) is 28.5. The van der Waals surface area contributed by atoms with Crippen LogP contribution in [0.3, 0.4) is 0 Å². The molecule has 0 radical (unpaired) electrons. The van der Waals surface area contributed by atoms with E-state index in [1.807, 2.05) is 11.8 Å². The molecule has 4 nitrogen and oxygen atoms in total. The van der Waals surface area contributed by atoms with E-state index in [1.54, 1.807) is 0 Å². The summed E-state index contributed by atoms with van der Waals surface area (Å²) >= 11 is 1.82. The molecule has 0 spiro atoms. The molecular formula is C37H30N4S.